The maximum Gasteiger partial charge on any atom is 0.251 e. The molecule has 2 heterocycles. The summed E-state index contributed by atoms with van der Waals surface area (Å²) in [4.78, 5) is 29.6. The quantitative estimate of drug-likeness (QED) is 0.540. The molecule has 1 N–H and O–H groups in total. The molecule has 2 aliphatic heterocycles. The number of anilines is 1. The molecule has 3 aromatic carbocycles. The number of aliphatic hydroxyl groups is 1. The Morgan fingerprint density at radius 3 is 1.89 bits per heavy atom. The molecule has 2 saturated heterocycles. The van der Waals surface area contributed by atoms with E-state index in [9.17, 15) is 14.7 Å². The van der Waals surface area contributed by atoms with Gasteiger partial charge in [0.1, 0.15) is 5.60 Å². The molecule has 0 spiro atoms. The van der Waals surface area contributed by atoms with Crippen LogP contribution in [-0.2, 0) is 21.6 Å². The Bertz CT molecular complexity index is 1130. The number of benzene rings is 3. The minimum Gasteiger partial charge on any atom is -0.380 e. The zero-order valence-corrected chi connectivity index (χ0v) is 20.1. The second-order valence-electron chi connectivity index (χ2n) is 9.62. The summed E-state index contributed by atoms with van der Waals surface area (Å²) >= 11 is 0. The SMILES string of the molecule is CCc1ccc(N2C(=O)C[C@@H](N3CCC(C(O)(c4ccccc4)c4ccccc4)CC3)C2=O)cc1. The van der Waals surface area contributed by atoms with Crippen LogP contribution in [0.15, 0.2) is 84.9 Å². The van der Waals surface area contributed by atoms with Gasteiger partial charge in [-0.15, -0.1) is 0 Å². The van der Waals surface area contributed by atoms with Gasteiger partial charge in [-0.3, -0.25) is 14.5 Å². The second kappa shape index (κ2) is 9.76. The summed E-state index contributed by atoms with van der Waals surface area (Å²) < 4.78 is 0. The van der Waals surface area contributed by atoms with Crippen molar-refractivity contribution < 1.29 is 14.7 Å². The first-order valence-corrected chi connectivity index (χ1v) is 12.6. The Hall–Kier alpha value is -3.28. The lowest BCUT2D eigenvalue weighted by Gasteiger charge is -2.43. The largest absolute Gasteiger partial charge is 0.380 e. The van der Waals surface area contributed by atoms with Crippen LogP contribution in [0.4, 0.5) is 5.69 Å². The van der Waals surface area contributed by atoms with Crippen molar-refractivity contribution in [3.63, 3.8) is 0 Å². The van der Waals surface area contributed by atoms with Crippen LogP contribution >= 0.6 is 0 Å². The van der Waals surface area contributed by atoms with Gasteiger partial charge in [0.2, 0.25) is 5.91 Å². The van der Waals surface area contributed by atoms with Crippen molar-refractivity contribution in [2.75, 3.05) is 18.0 Å². The molecule has 0 unspecified atom stereocenters. The number of piperidine rings is 1. The maximum absolute atomic E-state index is 13.3. The van der Waals surface area contributed by atoms with Gasteiger partial charge >= 0.3 is 0 Å². The summed E-state index contributed by atoms with van der Waals surface area (Å²) in [5.41, 5.74) is 2.50. The van der Waals surface area contributed by atoms with Crippen molar-refractivity contribution in [1.29, 1.82) is 0 Å². The topological polar surface area (TPSA) is 60.9 Å². The number of carbonyl (C=O) groups is 2. The molecule has 3 aromatic rings. The van der Waals surface area contributed by atoms with E-state index in [2.05, 4.69) is 11.8 Å². The average molecular weight is 469 g/mol. The van der Waals surface area contributed by atoms with Gasteiger partial charge in [-0.05, 0) is 67.1 Å². The van der Waals surface area contributed by atoms with E-state index in [1.807, 2.05) is 84.9 Å². The molecule has 5 rings (SSSR count). The van der Waals surface area contributed by atoms with Gasteiger partial charge in [0.25, 0.3) is 5.91 Å². The lowest BCUT2D eigenvalue weighted by molar-refractivity contribution is -0.123. The molecule has 35 heavy (non-hydrogen) atoms. The summed E-state index contributed by atoms with van der Waals surface area (Å²) in [7, 11) is 0. The van der Waals surface area contributed by atoms with Crippen molar-refractivity contribution in [2.24, 2.45) is 5.92 Å². The number of amides is 2. The fraction of sp³-hybridized carbons (Fsp3) is 0.333. The molecule has 2 amide bonds. The van der Waals surface area contributed by atoms with Gasteiger partial charge in [-0.2, -0.15) is 0 Å². The van der Waals surface area contributed by atoms with Crippen molar-refractivity contribution in [1.82, 2.24) is 4.90 Å². The van der Waals surface area contributed by atoms with E-state index in [1.54, 1.807) is 0 Å². The fourth-order valence-corrected chi connectivity index (χ4v) is 5.70. The molecular formula is C30H32N2O3. The summed E-state index contributed by atoms with van der Waals surface area (Å²) in [5.74, 6) is -0.274. The van der Waals surface area contributed by atoms with E-state index in [-0.39, 0.29) is 24.2 Å². The predicted molar refractivity (Wildman–Crippen MR) is 137 cm³/mol. The predicted octanol–water partition coefficient (Wildman–Crippen LogP) is 4.53. The Kier molecular flexibility index (Phi) is 6.54. The smallest absolute Gasteiger partial charge is 0.251 e. The van der Waals surface area contributed by atoms with Gasteiger partial charge in [-0.1, -0.05) is 79.7 Å². The van der Waals surface area contributed by atoms with Crippen LogP contribution in [0.1, 0.15) is 42.9 Å². The van der Waals surface area contributed by atoms with Crippen molar-refractivity contribution >= 4 is 17.5 Å². The lowest BCUT2D eigenvalue weighted by atomic mass is 9.72. The number of likely N-dealkylation sites (tertiary alicyclic amines) is 1. The Labute approximate surface area is 207 Å². The molecule has 180 valence electrons. The zero-order valence-electron chi connectivity index (χ0n) is 20.1. The van der Waals surface area contributed by atoms with Crippen molar-refractivity contribution in [2.45, 2.75) is 44.2 Å². The standard InChI is InChI=1S/C30H32N2O3/c1-2-22-13-15-26(16-14-22)32-28(33)21-27(29(32)34)31-19-17-25(18-20-31)30(35,23-9-5-3-6-10-23)24-11-7-4-8-12-24/h3-16,25,27,35H,2,17-21H2,1H3/t27-/m1/s1. The van der Waals surface area contributed by atoms with Crippen molar-refractivity contribution in [3.05, 3.63) is 102 Å². The maximum atomic E-state index is 13.3. The van der Waals surface area contributed by atoms with E-state index in [4.69, 9.17) is 0 Å². The highest BCUT2D eigenvalue weighted by molar-refractivity contribution is 6.22. The summed E-state index contributed by atoms with van der Waals surface area (Å²) in [6.45, 7) is 3.41. The average Bonchev–Trinajstić information content (AvgIpc) is 3.22. The Balaban J connectivity index is 1.33. The molecule has 1 atom stereocenters. The Morgan fingerprint density at radius 2 is 1.37 bits per heavy atom. The molecule has 0 bridgehead atoms. The molecule has 5 nitrogen and oxygen atoms in total. The molecule has 2 aliphatic rings. The first-order chi connectivity index (χ1) is 17.0. The minimum absolute atomic E-state index is 0.00782. The van der Waals surface area contributed by atoms with E-state index >= 15 is 0 Å². The van der Waals surface area contributed by atoms with Gasteiger partial charge < -0.3 is 5.11 Å². The van der Waals surface area contributed by atoms with E-state index in [0.717, 1.165) is 30.4 Å². The van der Waals surface area contributed by atoms with Gasteiger partial charge in [0, 0.05) is 0 Å². The highest BCUT2D eigenvalue weighted by Crippen LogP contribution is 2.42. The van der Waals surface area contributed by atoms with E-state index in [0.29, 0.717) is 18.8 Å². The molecule has 2 fully saturated rings. The highest BCUT2D eigenvalue weighted by Gasteiger charge is 2.46. The Morgan fingerprint density at radius 1 is 0.829 bits per heavy atom. The third-order valence-corrected chi connectivity index (χ3v) is 7.71. The number of aryl methyl sites for hydroxylation is 1. The van der Waals surface area contributed by atoms with Gasteiger partial charge in [-0.25, -0.2) is 4.90 Å². The van der Waals surface area contributed by atoms with Crippen LogP contribution in [-0.4, -0.2) is 41.0 Å². The normalized spacial score (nSPS) is 19.9. The molecular weight excluding hydrogens is 436 g/mol. The zero-order chi connectivity index (χ0) is 24.4. The molecule has 0 saturated carbocycles. The number of hydrogen-bond donors (Lipinski definition) is 1. The van der Waals surface area contributed by atoms with Crippen molar-refractivity contribution in [3.8, 4) is 0 Å². The van der Waals surface area contributed by atoms with Crippen LogP contribution in [0, 0.1) is 5.92 Å². The first-order valence-electron chi connectivity index (χ1n) is 12.6. The molecule has 0 aromatic heterocycles. The molecule has 0 radical (unpaired) electrons. The third-order valence-electron chi connectivity index (χ3n) is 7.71. The lowest BCUT2D eigenvalue weighted by Crippen LogP contribution is -2.49. The van der Waals surface area contributed by atoms with Crippen LogP contribution < -0.4 is 4.90 Å². The number of carbonyl (C=O) groups excluding carboxylic acids is 2. The molecule has 5 heteroatoms. The van der Waals surface area contributed by atoms with Crippen LogP contribution in [0.25, 0.3) is 0 Å². The monoisotopic (exact) mass is 468 g/mol. The second-order valence-corrected chi connectivity index (χ2v) is 9.62. The van der Waals surface area contributed by atoms with Crippen LogP contribution in [0.5, 0.6) is 0 Å². The summed E-state index contributed by atoms with van der Waals surface area (Å²) in [6.07, 6.45) is 2.60. The number of imide groups is 1. The van der Waals surface area contributed by atoms with Crippen LogP contribution in [0.2, 0.25) is 0 Å². The van der Waals surface area contributed by atoms with Crippen LogP contribution in [0.3, 0.4) is 0 Å². The number of rotatable bonds is 6. The number of hydrogen-bond acceptors (Lipinski definition) is 4. The number of nitrogens with zero attached hydrogens (tertiary/aromatic N) is 2. The van der Waals surface area contributed by atoms with E-state index in [1.165, 1.54) is 10.5 Å². The minimum atomic E-state index is -1.10. The van der Waals surface area contributed by atoms with E-state index < -0.39 is 11.6 Å². The fourth-order valence-electron chi connectivity index (χ4n) is 5.70. The van der Waals surface area contributed by atoms with Gasteiger partial charge in [0.05, 0.1) is 18.2 Å². The first kappa shape index (κ1) is 23.5. The summed E-state index contributed by atoms with van der Waals surface area (Å²) in [5, 5.41) is 12.1. The highest BCUT2D eigenvalue weighted by atomic mass is 16.3. The van der Waals surface area contributed by atoms with Gasteiger partial charge in [0.15, 0.2) is 0 Å². The third kappa shape index (κ3) is 4.30. The summed E-state index contributed by atoms with van der Waals surface area (Å²) in [6, 6.07) is 27.0. The molecule has 0 aliphatic carbocycles.